The highest BCUT2D eigenvalue weighted by Crippen LogP contribution is 2.37. The third-order valence-corrected chi connectivity index (χ3v) is 7.12. The quantitative estimate of drug-likeness (QED) is 0.179. The van der Waals surface area contributed by atoms with E-state index in [4.69, 9.17) is 16.3 Å². The van der Waals surface area contributed by atoms with E-state index in [0.717, 1.165) is 40.1 Å². The van der Waals surface area contributed by atoms with Gasteiger partial charge in [0.15, 0.2) is 0 Å². The van der Waals surface area contributed by atoms with Crippen LogP contribution in [0.25, 0.3) is 21.2 Å². The van der Waals surface area contributed by atoms with Crippen molar-refractivity contribution in [2.24, 2.45) is 15.4 Å². The molecular weight excluding hydrogens is 508 g/mol. The molecule has 0 aliphatic carbocycles. The van der Waals surface area contributed by atoms with Crippen molar-refractivity contribution in [1.29, 1.82) is 0 Å². The predicted molar refractivity (Wildman–Crippen MR) is 154 cm³/mol. The Balaban J connectivity index is 0.00000304. The molecule has 0 saturated heterocycles. The molecule has 5 rings (SSSR count). The number of pyridine rings is 1. The average molecular weight is 533 g/mol. The van der Waals surface area contributed by atoms with Crippen LogP contribution in [0.1, 0.15) is 36.0 Å². The van der Waals surface area contributed by atoms with Gasteiger partial charge in [0, 0.05) is 28.3 Å². The van der Waals surface area contributed by atoms with Gasteiger partial charge in [-0.2, -0.15) is 18.6 Å². The Labute approximate surface area is 226 Å². The molecule has 2 aromatic carbocycles. The zero-order chi connectivity index (χ0) is 24.2. The van der Waals surface area contributed by atoms with E-state index in [1.807, 2.05) is 31.3 Å². The number of halogens is 1. The number of benzene rings is 2. The van der Waals surface area contributed by atoms with Gasteiger partial charge in [0.2, 0.25) is 0 Å². The molecule has 0 spiro atoms. The number of ether oxygens (including phenoxy) is 1. The summed E-state index contributed by atoms with van der Waals surface area (Å²) in [5.74, 6) is 7.20. The maximum absolute atomic E-state index is 6.17. The van der Waals surface area contributed by atoms with Gasteiger partial charge in [0.25, 0.3) is 0 Å². The first-order valence-corrected chi connectivity index (χ1v) is 12.6. The van der Waals surface area contributed by atoms with Crippen LogP contribution in [-0.2, 0) is 6.61 Å². The molecule has 3 heterocycles. The van der Waals surface area contributed by atoms with Gasteiger partial charge >= 0.3 is 0 Å². The summed E-state index contributed by atoms with van der Waals surface area (Å²) in [5, 5.41) is 15.6. The molecule has 0 amide bonds. The molecule has 5 nitrogen and oxygen atoms in total. The van der Waals surface area contributed by atoms with Crippen LogP contribution in [0.4, 0.5) is 0 Å². The van der Waals surface area contributed by atoms with Crippen molar-refractivity contribution in [3.63, 3.8) is 0 Å². The van der Waals surface area contributed by atoms with E-state index in [0.29, 0.717) is 18.3 Å². The zero-order valence-corrected chi connectivity index (χ0v) is 22.5. The van der Waals surface area contributed by atoms with Crippen LogP contribution >= 0.6 is 36.4 Å². The minimum absolute atomic E-state index is 0. The van der Waals surface area contributed by atoms with Crippen molar-refractivity contribution in [3.05, 3.63) is 82.0 Å². The molecule has 1 aliphatic rings. The lowest BCUT2D eigenvalue weighted by atomic mass is 9.94. The van der Waals surface area contributed by atoms with Crippen molar-refractivity contribution in [1.82, 2.24) is 4.98 Å². The molecule has 182 valence electrons. The van der Waals surface area contributed by atoms with E-state index in [2.05, 4.69) is 74.9 Å². The minimum atomic E-state index is 0. The topological polar surface area (TPSA) is 59.2 Å². The molecule has 0 bridgehead atoms. The van der Waals surface area contributed by atoms with E-state index in [1.54, 1.807) is 11.3 Å². The predicted octanol–water partition coefficient (Wildman–Crippen LogP) is 7.94. The largest absolute Gasteiger partial charge is 0.489 e. The summed E-state index contributed by atoms with van der Waals surface area (Å²) in [6, 6.07) is 16.6. The molecular formula is C28H25ClN4OS2. The number of fused-ring (bicyclic) bond motifs is 1. The summed E-state index contributed by atoms with van der Waals surface area (Å²) in [4.78, 5) is 4.19. The SMILES string of the molecule is CC#C[C@@H](CC1=NN=NC1)c1ccc(OCc2ccc3scc(-c4cc(Cl)ncc4C)c3c2)cc1.S. The van der Waals surface area contributed by atoms with Crippen LogP contribution in [0, 0.1) is 18.8 Å². The van der Waals surface area contributed by atoms with Crippen molar-refractivity contribution in [2.75, 3.05) is 6.54 Å². The number of thiophene rings is 1. The number of aryl methyl sites for hydroxylation is 1. The number of hydrogen-bond acceptors (Lipinski definition) is 6. The highest BCUT2D eigenvalue weighted by Gasteiger charge is 2.15. The first-order chi connectivity index (χ1) is 17.1. The Morgan fingerprint density at radius 3 is 2.69 bits per heavy atom. The summed E-state index contributed by atoms with van der Waals surface area (Å²) >= 11 is 7.91. The van der Waals surface area contributed by atoms with Crippen molar-refractivity contribution >= 4 is 52.2 Å². The maximum Gasteiger partial charge on any atom is 0.129 e. The number of hydrogen-bond donors (Lipinski definition) is 0. The Hall–Kier alpha value is -3.18. The van der Waals surface area contributed by atoms with Gasteiger partial charge < -0.3 is 4.74 Å². The molecule has 8 heteroatoms. The second-order valence-corrected chi connectivity index (χ2v) is 9.66. The summed E-state index contributed by atoms with van der Waals surface area (Å²) < 4.78 is 7.35. The van der Waals surface area contributed by atoms with Gasteiger partial charge in [0.05, 0.1) is 11.6 Å². The fourth-order valence-electron chi connectivity index (χ4n) is 4.13. The Kier molecular flexibility index (Phi) is 8.42. The molecule has 0 N–H and O–H groups in total. The van der Waals surface area contributed by atoms with Gasteiger partial charge in [-0.1, -0.05) is 35.7 Å². The Morgan fingerprint density at radius 2 is 1.94 bits per heavy atom. The van der Waals surface area contributed by atoms with Gasteiger partial charge in [-0.05, 0) is 77.0 Å². The minimum Gasteiger partial charge on any atom is -0.489 e. The van der Waals surface area contributed by atoms with Gasteiger partial charge in [-0.25, -0.2) is 4.98 Å². The summed E-state index contributed by atoms with van der Waals surface area (Å²) in [6.07, 6.45) is 2.56. The van der Waals surface area contributed by atoms with E-state index in [1.165, 1.54) is 15.6 Å². The van der Waals surface area contributed by atoms with Crippen LogP contribution in [-0.4, -0.2) is 17.2 Å². The number of rotatable bonds is 7. The zero-order valence-electron chi connectivity index (χ0n) is 20.0. The first-order valence-electron chi connectivity index (χ1n) is 11.3. The van der Waals surface area contributed by atoms with Crippen LogP contribution in [0.15, 0.2) is 75.5 Å². The Morgan fingerprint density at radius 1 is 1.11 bits per heavy atom. The molecule has 0 fully saturated rings. The van der Waals surface area contributed by atoms with Gasteiger partial charge in [0.1, 0.15) is 24.1 Å². The lowest BCUT2D eigenvalue weighted by Gasteiger charge is -2.12. The lowest BCUT2D eigenvalue weighted by molar-refractivity contribution is 0.306. The van der Waals surface area contributed by atoms with E-state index < -0.39 is 0 Å². The standard InChI is InChI=1S/C28H23ClN4OS.H2S/c1-3-4-21(12-22-15-31-33-32-22)20-6-8-23(9-7-20)34-16-19-5-10-27-25(11-19)26(17-35-27)24-13-28(29)30-14-18(24)2;/h5-11,13-14,17,21H,12,15-16H2,1-2H3;1H2/t21-;/m0./s1. The fourth-order valence-corrected chi connectivity index (χ4v) is 5.23. The number of aromatic nitrogens is 1. The fraction of sp³-hybridized carbons (Fsp3) is 0.214. The van der Waals surface area contributed by atoms with E-state index in [-0.39, 0.29) is 19.4 Å². The smallest absolute Gasteiger partial charge is 0.129 e. The molecule has 1 aliphatic heterocycles. The highest BCUT2D eigenvalue weighted by molar-refractivity contribution is 7.59. The van der Waals surface area contributed by atoms with Crippen molar-refractivity contribution < 1.29 is 4.74 Å². The van der Waals surface area contributed by atoms with Gasteiger partial charge in [-0.3, -0.25) is 0 Å². The molecule has 0 saturated carbocycles. The van der Waals surface area contributed by atoms with Crippen LogP contribution in [0.5, 0.6) is 5.75 Å². The molecule has 1 atom stereocenters. The van der Waals surface area contributed by atoms with Crippen molar-refractivity contribution in [3.8, 4) is 28.7 Å². The first kappa shape index (κ1) is 25.9. The second-order valence-electron chi connectivity index (χ2n) is 8.37. The van der Waals surface area contributed by atoms with E-state index >= 15 is 0 Å². The lowest BCUT2D eigenvalue weighted by Crippen LogP contribution is -2.07. The highest BCUT2D eigenvalue weighted by atomic mass is 35.5. The van der Waals surface area contributed by atoms with E-state index in [9.17, 15) is 0 Å². The van der Waals surface area contributed by atoms with Crippen LogP contribution in [0.3, 0.4) is 0 Å². The third-order valence-electron chi connectivity index (χ3n) is 5.95. The third kappa shape index (κ3) is 5.79. The van der Waals surface area contributed by atoms with Crippen LogP contribution in [0.2, 0.25) is 5.15 Å². The molecule has 36 heavy (non-hydrogen) atoms. The normalized spacial score (nSPS) is 13.0. The summed E-state index contributed by atoms with van der Waals surface area (Å²) in [5.41, 5.74) is 6.60. The van der Waals surface area contributed by atoms with Crippen molar-refractivity contribution in [2.45, 2.75) is 32.8 Å². The average Bonchev–Trinajstić information content (AvgIpc) is 3.54. The molecule has 0 radical (unpaired) electrons. The molecule has 0 unspecified atom stereocenters. The Bertz CT molecular complexity index is 1500. The number of nitrogens with zero attached hydrogens (tertiary/aromatic N) is 4. The summed E-state index contributed by atoms with van der Waals surface area (Å²) in [6.45, 7) is 4.96. The summed E-state index contributed by atoms with van der Waals surface area (Å²) in [7, 11) is 0. The second kappa shape index (κ2) is 11.7. The monoisotopic (exact) mass is 532 g/mol. The van der Waals surface area contributed by atoms with Crippen LogP contribution < -0.4 is 4.74 Å². The van der Waals surface area contributed by atoms with Gasteiger partial charge in [-0.15, -0.1) is 22.4 Å². The molecule has 2 aromatic heterocycles. The maximum atomic E-state index is 6.17. The molecule has 4 aromatic rings.